The van der Waals surface area contributed by atoms with E-state index in [0.29, 0.717) is 0 Å². The van der Waals surface area contributed by atoms with Crippen LogP contribution in [-0.4, -0.2) is 37.0 Å². The topological polar surface area (TPSA) is 114 Å². The summed E-state index contributed by atoms with van der Waals surface area (Å²) in [5, 5.41) is 0. The zero-order chi connectivity index (χ0) is 48.0. The van der Waals surface area contributed by atoms with Crippen LogP contribution >= 0.6 is 34.4 Å². The second-order valence-corrected chi connectivity index (χ2v) is 25.3. The number of rotatable bonds is 16. The van der Waals surface area contributed by atoms with E-state index in [9.17, 15) is 26.3 Å². The SMILES string of the molecule is CCCc1ccc([S+](c2ccc(CCC)cc2)c2ccc(Sc3ccc([S+](c4ccc(CCC)cc4)c4ccc(CCC)cc4)s3)s2)cc1.O=S(=O)([O-])C(F)(F)F.O=S(=O)([O-])C(F)(F)F. The summed E-state index contributed by atoms with van der Waals surface area (Å²) >= 11 is 5.85. The van der Waals surface area contributed by atoms with E-state index in [1.54, 1.807) is 0 Å². The van der Waals surface area contributed by atoms with E-state index in [1.807, 2.05) is 34.4 Å². The quantitative estimate of drug-likeness (QED) is 0.0410. The Morgan fingerprint density at radius 1 is 0.431 bits per heavy atom. The van der Waals surface area contributed by atoms with Gasteiger partial charge in [0.15, 0.2) is 39.8 Å². The third-order valence-electron chi connectivity index (χ3n) is 9.07. The fourth-order valence-corrected chi connectivity index (χ4v) is 15.3. The van der Waals surface area contributed by atoms with Crippen molar-refractivity contribution in [3.8, 4) is 0 Å². The lowest BCUT2D eigenvalue weighted by atomic mass is 10.1. The maximum absolute atomic E-state index is 10.7. The highest BCUT2D eigenvalue weighted by Crippen LogP contribution is 2.45. The van der Waals surface area contributed by atoms with Gasteiger partial charge in [0.2, 0.25) is 8.42 Å². The Hall–Kier alpha value is -3.27. The molecule has 65 heavy (non-hydrogen) atoms. The Bertz CT molecular complexity index is 2310. The van der Waals surface area contributed by atoms with Crippen molar-refractivity contribution in [1.29, 1.82) is 0 Å². The van der Waals surface area contributed by atoms with E-state index in [0.717, 1.165) is 25.7 Å². The molecule has 19 heteroatoms. The summed E-state index contributed by atoms with van der Waals surface area (Å²) in [6.07, 6.45) is 9.26. The lowest BCUT2D eigenvalue weighted by Crippen LogP contribution is -2.21. The summed E-state index contributed by atoms with van der Waals surface area (Å²) in [6.45, 7) is 9.03. The molecule has 6 nitrogen and oxygen atoms in total. The van der Waals surface area contributed by atoms with Crippen LogP contribution in [0.15, 0.2) is 158 Å². The van der Waals surface area contributed by atoms with E-state index < -0.39 is 31.3 Å². The predicted octanol–water partition coefficient (Wildman–Crippen LogP) is 14.1. The molecule has 0 saturated heterocycles. The molecule has 2 heterocycles. The van der Waals surface area contributed by atoms with E-state index in [1.165, 1.54) is 84.4 Å². The molecule has 0 unspecified atom stereocenters. The van der Waals surface area contributed by atoms with Gasteiger partial charge < -0.3 is 9.11 Å². The van der Waals surface area contributed by atoms with Crippen molar-refractivity contribution >= 4 is 76.5 Å². The molecular weight excluding hydrogens is 987 g/mol. The second kappa shape index (κ2) is 24.7. The van der Waals surface area contributed by atoms with Gasteiger partial charge in [-0.15, -0.1) is 0 Å². The highest BCUT2D eigenvalue weighted by atomic mass is 32.2. The van der Waals surface area contributed by atoms with E-state index in [4.69, 9.17) is 25.9 Å². The Morgan fingerprint density at radius 2 is 0.646 bits per heavy atom. The molecule has 0 atom stereocenters. The van der Waals surface area contributed by atoms with Crippen LogP contribution in [0.2, 0.25) is 0 Å². The van der Waals surface area contributed by atoms with Crippen LogP contribution in [0.4, 0.5) is 26.3 Å². The van der Waals surface area contributed by atoms with Gasteiger partial charge in [-0.2, -0.15) is 26.3 Å². The molecule has 0 radical (unpaired) electrons. The molecule has 352 valence electrons. The molecule has 0 spiro atoms. The average Bonchev–Trinajstić information content (AvgIpc) is 3.90. The van der Waals surface area contributed by atoms with Crippen LogP contribution in [0.3, 0.4) is 0 Å². The zero-order valence-corrected chi connectivity index (χ0v) is 41.5. The van der Waals surface area contributed by atoms with Gasteiger partial charge in [-0.3, -0.25) is 0 Å². The van der Waals surface area contributed by atoms with Gasteiger partial charge in [-0.1, -0.05) is 136 Å². The van der Waals surface area contributed by atoms with E-state index in [-0.39, 0.29) is 21.8 Å². The molecule has 0 fully saturated rings. The van der Waals surface area contributed by atoms with Gasteiger partial charge in [-0.25, -0.2) is 16.8 Å². The van der Waals surface area contributed by atoms with Crippen molar-refractivity contribution in [1.82, 2.24) is 0 Å². The fourth-order valence-electron chi connectivity index (χ4n) is 6.10. The average molecular weight is 1040 g/mol. The summed E-state index contributed by atoms with van der Waals surface area (Å²) in [5.41, 5.74) is -5.58. The molecule has 0 aliphatic carbocycles. The van der Waals surface area contributed by atoms with Crippen molar-refractivity contribution in [2.75, 3.05) is 0 Å². The molecule has 6 aromatic rings. The van der Waals surface area contributed by atoms with Crippen molar-refractivity contribution in [2.45, 2.75) is 126 Å². The third-order valence-corrected chi connectivity index (χ3v) is 18.8. The lowest BCUT2D eigenvalue weighted by molar-refractivity contribution is -0.0522. The first kappa shape index (κ1) is 54.3. The number of benzene rings is 4. The number of hydrogen-bond acceptors (Lipinski definition) is 9. The molecule has 0 aliphatic heterocycles. The Kier molecular flexibility index (Phi) is 20.6. The maximum Gasteiger partial charge on any atom is 0.485 e. The van der Waals surface area contributed by atoms with Gasteiger partial charge in [-0.05, 0) is 109 Å². The number of thiophene rings is 2. The molecular formula is C46H48F6O6S7. The molecule has 0 saturated carbocycles. The normalized spacial score (nSPS) is 12.2. The zero-order valence-electron chi connectivity index (χ0n) is 35.8. The van der Waals surface area contributed by atoms with Gasteiger partial charge in [0.25, 0.3) is 0 Å². The second-order valence-electron chi connectivity index (χ2n) is 14.2. The number of halogens is 6. The Balaban J connectivity index is 0.000000492. The minimum absolute atomic E-state index is 0.126. The van der Waals surface area contributed by atoms with E-state index in [2.05, 4.69) is 149 Å². The third kappa shape index (κ3) is 16.5. The number of alkyl halides is 6. The van der Waals surface area contributed by atoms with E-state index >= 15 is 0 Å². The number of aryl methyl sites for hydroxylation is 4. The smallest absolute Gasteiger partial charge is 0.485 e. The van der Waals surface area contributed by atoms with Gasteiger partial charge in [0.1, 0.15) is 21.8 Å². The first-order chi connectivity index (χ1) is 30.6. The minimum atomic E-state index is -6.09. The van der Waals surface area contributed by atoms with Crippen LogP contribution in [0.25, 0.3) is 0 Å². The molecule has 4 aromatic carbocycles. The molecule has 0 amide bonds. The van der Waals surface area contributed by atoms with Crippen LogP contribution in [-0.2, 0) is 67.7 Å². The van der Waals surface area contributed by atoms with Crippen LogP contribution < -0.4 is 0 Å². The minimum Gasteiger partial charge on any atom is -0.741 e. The first-order valence-corrected chi connectivity index (χ1v) is 28.1. The summed E-state index contributed by atoms with van der Waals surface area (Å²) in [4.78, 5) is 5.61. The molecule has 6 rings (SSSR count). The standard InChI is InChI=1S/C44H48S5.2CHF3O3S/c1-5-9-33-13-21-37(22-14-33)48(38-23-15-34(10-6-2)16-24-38)43-31-29-41(46-43)45-42-30-32-44(47-42)49(39-25-17-35(11-7-3)18-26-39)40-27-19-36(12-8-4)20-28-40;2*2-1(3,4)8(5,6)7/h13-32H,5-12H2,1-4H3;2*(H,5,6,7)/q+2;;/p-2. The van der Waals surface area contributed by atoms with Crippen molar-refractivity contribution in [2.24, 2.45) is 0 Å². The first-order valence-electron chi connectivity index (χ1n) is 20.3. The van der Waals surface area contributed by atoms with Gasteiger partial charge in [0, 0.05) is 12.1 Å². The van der Waals surface area contributed by atoms with Crippen LogP contribution in [0.1, 0.15) is 75.6 Å². The summed E-state index contributed by atoms with van der Waals surface area (Å²) in [6, 6.07) is 47.1. The summed E-state index contributed by atoms with van der Waals surface area (Å²) < 4.78 is 123. The maximum atomic E-state index is 10.7. The van der Waals surface area contributed by atoms with Crippen molar-refractivity contribution in [3.05, 3.63) is 144 Å². The van der Waals surface area contributed by atoms with Crippen LogP contribution in [0.5, 0.6) is 0 Å². The fraction of sp³-hybridized carbons (Fsp3) is 0.304. The molecule has 0 aliphatic rings. The lowest BCUT2D eigenvalue weighted by Gasteiger charge is -2.08. The van der Waals surface area contributed by atoms with Crippen molar-refractivity contribution < 1.29 is 52.3 Å². The monoisotopic (exact) mass is 1030 g/mol. The highest BCUT2D eigenvalue weighted by Gasteiger charge is 2.38. The largest absolute Gasteiger partial charge is 0.741 e. The number of hydrogen-bond donors (Lipinski definition) is 0. The van der Waals surface area contributed by atoms with Crippen molar-refractivity contribution in [3.63, 3.8) is 0 Å². The summed E-state index contributed by atoms with van der Waals surface area (Å²) in [7, 11) is -12.4. The molecule has 0 N–H and O–H groups in total. The van der Waals surface area contributed by atoms with Gasteiger partial charge in [0.05, 0.1) is 8.42 Å². The molecule has 0 bridgehead atoms. The van der Waals surface area contributed by atoms with Gasteiger partial charge >= 0.3 is 11.0 Å². The highest BCUT2D eigenvalue weighted by molar-refractivity contribution is 8.04. The Morgan fingerprint density at radius 3 is 0.831 bits per heavy atom. The predicted molar refractivity (Wildman–Crippen MR) is 250 cm³/mol. The van der Waals surface area contributed by atoms with Crippen LogP contribution in [0, 0.1) is 0 Å². The Labute approximate surface area is 396 Å². The molecule has 2 aromatic heterocycles. The summed E-state index contributed by atoms with van der Waals surface area (Å²) in [5.74, 6) is 0.